The van der Waals surface area contributed by atoms with E-state index in [1.54, 1.807) is 0 Å². The number of halogens is 1. The first-order valence-electron chi connectivity index (χ1n) is 10.3. The number of rotatable bonds is 4. The number of furan rings is 1. The van der Waals surface area contributed by atoms with Crippen LogP contribution in [0.3, 0.4) is 0 Å². The van der Waals surface area contributed by atoms with Gasteiger partial charge in [-0.15, -0.1) is 0 Å². The van der Waals surface area contributed by atoms with Gasteiger partial charge in [0, 0.05) is 34.5 Å². The van der Waals surface area contributed by atoms with Crippen LogP contribution in [0, 0.1) is 13.8 Å². The summed E-state index contributed by atoms with van der Waals surface area (Å²) < 4.78 is 7.96. The Labute approximate surface area is 185 Å². The van der Waals surface area contributed by atoms with Crippen LogP contribution in [-0.2, 0) is 19.4 Å². The second-order valence-corrected chi connectivity index (χ2v) is 8.44. The van der Waals surface area contributed by atoms with Gasteiger partial charge in [0.05, 0.1) is 12.2 Å². The molecule has 1 amide bonds. The Balaban J connectivity index is 1.43. The van der Waals surface area contributed by atoms with Crippen molar-refractivity contribution in [3.8, 4) is 11.3 Å². The average molecular weight is 432 g/mol. The summed E-state index contributed by atoms with van der Waals surface area (Å²) in [6.45, 7) is 4.61. The molecule has 0 fully saturated rings. The molecule has 5 rings (SSSR count). The molecule has 2 heterocycles. The summed E-state index contributed by atoms with van der Waals surface area (Å²) in [5.41, 5.74) is 6.89. The molecule has 2 aromatic heterocycles. The molecule has 2 aromatic carbocycles. The van der Waals surface area contributed by atoms with Gasteiger partial charge in [-0.05, 0) is 55.7 Å². The van der Waals surface area contributed by atoms with Crippen LogP contribution in [0.1, 0.15) is 38.6 Å². The molecular formula is C25H22ClN3O2. The Hall–Kier alpha value is -3.31. The number of anilines is 1. The van der Waals surface area contributed by atoms with Crippen molar-refractivity contribution in [1.29, 1.82) is 0 Å². The van der Waals surface area contributed by atoms with Crippen molar-refractivity contribution in [3.05, 3.63) is 93.5 Å². The molecule has 0 unspecified atom stereocenters. The van der Waals surface area contributed by atoms with Crippen molar-refractivity contribution in [1.82, 2.24) is 9.78 Å². The number of aryl methyl sites for hydroxylation is 3. The largest absolute Gasteiger partial charge is 0.455 e. The fourth-order valence-electron chi connectivity index (χ4n) is 4.06. The normalized spacial score (nSPS) is 12.4. The summed E-state index contributed by atoms with van der Waals surface area (Å²) in [6.07, 6.45) is 3.69. The standard InChI is InChI=1S/C25H22ClN3O2/c1-15-3-10-20(11-4-15)27-25(30)24-16(2)22-21(31-24)12-7-18-14-29(28-23(18)22)13-17-5-8-19(26)9-6-17/h3-6,8-11,14H,7,12-13H2,1-2H3,(H,27,30). The van der Waals surface area contributed by atoms with Crippen LogP contribution >= 0.6 is 11.6 Å². The summed E-state index contributed by atoms with van der Waals surface area (Å²) in [6, 6.07) is 15.5. The zero-order valence-corrected chi connectivity index (χ0v) is 18.2. The Morgan fingerprint density at radius 3 is 2.58 bits per heavy atom. The predicted octanol–water partition coefficient (Wildman–Crippen LogP) is 5.81. The topological polar surface area (TPSA) is 60.1 Å². The highest BCUT2D eigenvalue weighted by molar-refractivity contribution is 6.30. The van der Waals surface area contributed by atoms with Gasteiger partial charge in [0.15, 0.2) is 5.76 Å². The van der Waals surface area contributed by atoms with Gasteiger partial charge in [0.25, 0.3) is 5.91 Å². The molecular weight excluding hydrogens is 410 g/mol. The number of carbonyl (C=O) groups is 1. The van der Waals surface area contributed by atoms with Crippen LogP contribution in [0.25, 0.3) is 11.3 Å². The maximum atomic E-state index is 12.9. The SMILES string of the molecule is Cc1ccc(NC(=O)c2oc3c(c2C)-c2nn(Cc4ccc(Cl)cc4)cc2CC3)cc1. The van der Waals surface area contributed by atoms with Gasteiger partial charge in [-0.2, -0.15) is 5.10 Å². The Bertz CT molecular complexity index is 1270. The van der Waals surface area contributed by atoms with Crippen molar-refractivity contribution in [2.75, 3.05) is 5.32 Å². The highest BCUT2D eigenvalue weighted by Crippen LogP contribution is 2.38. The average Bonchev–Trinajstić information content (AvgIpc) is 3.31. The quantitative estimate of drug-likeness (QED) is 0.443. The maximum absolute atomic E-state index is 12.9. The molecule has 156 valence electrons. The van der Waals surface area contributed by atoms with E-state index >= 15 is 0 Å². The molecule has 6 heteroatoms. The first kappa shape index (κ1) is 19.6. The van der Waals surface area contributed by atoms with Crippen LogP contribution in [-0.4, -0.2) is 15.7 Å². The molecule has 0 radical (unpaired) electrons. The molecule has 31 heavy (non-hydrogen) atoms. The molecule has 0 bridgehead atoms. The number of hydrogen-bond donors (Lipinski definition) is 1. The van der Waals surface area contributed by atoms with Gasteiger partial charge in [0.2, 0.25) is 0 Å². The van der Waals surface area contributed by atoms with E-state index in [4.69, 9.17) is 21.1 Å². The lowest BCUT2D eigenvalue weighted by Crippen LogP contribution is -2.12. The van der Waals surface area contributed by atoms with E-state index in [0.29, 0.717) is 12.3 Å². The minimum atomic E-state index is -0.238. The number of carbonyl (C=O) groups excluding carboxylic acids is 1. The molecule has 1 aliphatic carbocycles. The number of hydrogen-bond acceptors (Lipinski definition) is 3. The van der Waals surface area contributed by atoms with Gasteiger partial charge in [-0.1, -0.05) is 41.4 Å². The third-order valence-corrected chi connectivity index (χ3v) is 5.94. The summed E-state index contributed by atoms with van der Waals surface area (Å²) in [4.78, 5) is 12.9. The summed E-state index contributed by atoms with van der Waals surface area (Å²) in [5, 5.41) is 8.48. The van der Waals surface area contributed by atoms with Gasteiger partial charge in [-0.25, -0.2) is 0 Å². The number of nitrogens with one attached hydrogen (secondary N) is 1. The van der Waals surface area contributed by atoms with E-state index in [-0.39, 0.29) is 5.91 Å². The van der Waals surface area contributed by atoms with Crippen molar-refractivity contribution in [3.63, 3.8) is 0 Å². The minimum Gasteiger partial charge on any atom is -0.455 e. The van der Waals surface area contributed by atoms with E-state index in [9.17, 15) is 4.79 Å². The van der Waals surface area contributed by atoms with Crippen LogP contribution < -0.4 is 5.32 Å². The maximum Gasteiger partial charge on any atom is 0.291 e. The van der Waals surface area contributed by atoms with Gasteiger partial charge in [-0.3, -0.25) is 9.48 Å². The molecule has 0 spiro atoms. The molecule has 0 saturated heterocycles. The Kier molecular flexibility index (Phi) is 4.91. The fraction of sp³-hybridized carbons (Fsp3) is 0.200. The van der Waals surface area contributed by atoms with Crippen molar-refractivity contribution in [2.45, 2.75) is 33.2 Å². The highest BCUT2D eigenvalue weighted by Gasteiger charge is 2.29. The van der Waals surface area contributed by atoms with Crippen LogP contribution in [0.2, 0.25) is 5.02 Å². The number of benzene rings is 2. The van der Waals surface area contributed by atoms with E-state index in [2.05, 4.69) is 11.5 Å². The smallest absolute Gasteiger partial charge is 0.291 e. The Morgan fingerprint density at radius 2 is 1.84 bits per heavy atom. The third kappa shape index (κ3) is 3.77. The van der Waals surface area contributed by atoms with Gasteiger partial charge < -0.3 is 9.73 Å². The molecule has 1 aliphatic rings. The van der Waals surface area contributed by atoms with E-state index in [1.807, 2.05) is 67.1 Å². The van der Waals surface area contributed by atoms with E-state index in [0.717, 1.165) is 57.3 Å². The second kappa shape index (κ2) is 7.75. The number of fused-ring (bicyclic) bond motifs is 3. The summed E-state index contributed by atoms with van der Waals surface area (Å²) in [7, 11) is 0. The van der Waals surface area contributed by atoms with Crippen molar-refractivity contribution in [2.24, 2.45) is 0 Å². The fourth-order valence-corrected chi connectivity index (χ4v) is 4.19. The lowest BCUT2D eigenvalue weighted by molar-refractivity contribution is 0.0994. The molecule has 0 saturated carbocycles. The first-order valence-corrected chi connectivity index (χ1v) is 10.7. The molecule has 5 nitrogen and oxygen atoms in total. The lowest BCUT2D eigenvalue weighted by Gasteiger charge is -2.09. The molecule has 1 N–H and O–H groups in total. The minimum absolute atomic E-state index is 0.238. The van der Waals surface area contributed by atoms with E-state index < -0.39 is 0 Å². The second-order valence-electron chi connectivity index (χ2n) is 8.00. The first-order chi connectivity index (χ1) is 15.0. The molecule has 0 atom stereocenters. The van der Waals surface area contributed by atoms with Crippen molar-refractivity contribution >= 4 is 23.2 Å². The van der Waals surface area contributed by atoms with Crippen LogP contribution in [0.5, 0.6) is 0 Å². The predicted molar refractivity (Wildman–Crippen MR) is 122 cm³/mol. The highest BCUT2D eigenvalue weighted by atomic mass is 35.5. The zero-order valence-electron chi connectivity index (χ0n) is 17.4. The molecule has 0 aliphatic heterocycles. The van der Waals surface area contributed by atoms with E-state index in [1.165, 1.54) is 5.56 Å². The third-order valence-electron chi connectivity index (χ3n) is 5.69. The summed E-state index contributed by atoms with van der Waals surface area (Å²) in [5.74, 6) is 0.944. The number of nitrogens with zero attached hydrogens (tertiary/aromatic N) is 2. The lowest BCUT2D eigenvalue weighted by atomic mass is 9.93. The van der Waals surface area contributed by atoms with Gasteiger partial charge in [0.1, 0.15) is 5.76 Å². The molecule has 4 aromatic rings. The van der Waals surface area contributed by atoms with Crippen molar-refractivity contribution < 1.29 is 9.21 Å². The monoisotopic (exact) mass is 431 g/mol. The van der Waals surface area contributed by atoms with Gasteiger partial charge >= 0.3 is 0 Å². The number of amides is 1. The zero-order chi connectivity index (χ0) is 21.5. The van der Waals surface area contributed by atoms with Crippen LogP contribution in [0.4, 0.5) is 5.69 Å². The summed E-state index contributed by atoms with van der Waals surface area (Å²) >= 11 is 5.99. The Morgan fingerprint density at radius 1 is 1.10 bits per heavy atom. The van der Waals surface area contributed by atoms with Crippen LogP contribution in [0.15, 0.2) is 59.1 Å². The number of aromatic nitrogens is 2.